The summed E-state index contributed by atoms with van der Waals surface area (Å²) in [7, 11) is 3.21. The topological polar surface area (TPSA) is 70.5 Å². The molecule has 0 amide bonds. The van der Waals surface area contributed by atoms with E-state index in [1.807, 2.05) is 18.2 Å². The van der Waals surface area contributed by atoms with E-state index in [0.717, 1.165) is 5.56 Å². The van der Waals surface area contributed by atoms with Crippen LogP contribution in [0.1, 0.15) is 11.5 Å². The second-order valence-electron chi connectivity index (χ2n) is 3.52. The first kappa shape index (κ1) is 11.3. The highest BCUT2D eigenvalue weighted by atomic mass is 16.5. The molecule has 0 fully saturated rings. The van der Waals surface area contributed by atoms with Gasteiger partial charge in [0.1, 0.15) is 0 Å². The number of anilines is 1. The zero-order chi connectivity index (χ0) is 12.3. The van der Waals surface area contributed by atoms with Crippen LogP contribution < -0.4 is 15.2 Å². The number of nitrogens with two attached hydrogens (primary N) is 1. The number of ether oxygens (including phenoxy) is 2. The fourth-order valence-corrected chi connectivity index (χ4v) is 1.57. The summed E-state index contributed by atoms with van der Waals surface area (Å²) >= 11 is 0. The van der Waals surface area contributed by atoms with Crippen LogP contribution in [0.3, 0.4) is 0 Å². The molecule has 0 unspecified atom stereocenters. The quantitative estimate of drug-likeness (QED) is 0.874. The zero-order valence-electron chi connectivity index (χ0n) is 9.77. The van der Waals surface area contributed by atoms with Gasteiger partial charge in [0.25, 0.3) is 0 Å². The molecule has 0 atom stereocenters. The van der Waals surface area contributed by atoms with Gasteiger partial charge in [-0.25, -0.2) is 4.98 Å². The van der Waals surface area contributed by atoms with E-state index in [1.54, 1.807) is 14.2 Å². The fourth-order valence-electron chi connectivity index (χ4n) is 1.57. The SMILES string of the molecule is COc1ccc(Cc2ncc(N)o2)cc1OC. The average Bonchev–Trinajstić information content (AvgIpc) is 2.74. The normalized spacial score (nSPS) is 10.2. The van der Waals surface area contributed by atoms with E-state index in [2.05, 4.69) is 4.98 Å². The Morgan fingerprint density at radius 1 is 1.24 bits per heavy atom. The maximum atomic E-state index is 5.46. The van der Waals surface area contributed by atoms with Gasteiger partial charge in [-0.15, -0.1) is 0 Å². The van der Waals surface area contributed by atoms with Gasteiger partial charge in [0.2, 0.25) is 11.8 Å². The Balaban J connectivity index is 2.22. The average molecular weight is 234 g/mol. The molecule has 5 nitrogen and oxygen atoms in total. The number of hydrogen-bond acceptors (Lipinski definition) is 5. The molecular formula is C12H14N2O3. The minimum absolute atomic E-state index is 0.320. The molecule has 0 saturated carbocycles. The Bertz CT molecular complexity index is 508. The van der Waals surface area contributed by atoms with Crippen LogP contribution in [0, 0.1) is 0 Å². The molecule has 0 aliphatic rings. The second-order valence-corrected chi connectivity index (χ2v) is 3.52. The Kier molecular flexibility index (Phi) is 3.18. The summed E-state index contributed by atoms with van der Waals surface area (Å²) in [5, 5.41) is 0. The van der Waals surface area contributed by atoms with Crippen molar-refractivity contribution in [2.24, 2.45) is 0 Å². The molecule has 5 heteroatoms. The molecule has 1 heterocycles. The van der Waals surface area contributed by atoms with Crippen molar-refractivity contribution in [2.45, 2.75) is 6.42 Å². The van der Waals surface area contributed by atoms with Crippen LogP contribution in [0.5, 0.6) is 11.5 Å². The van der Waals surface area contributed by atoms with E-state index in [9.17, 15) is 0 Å². The molecule has 0 aliphatic carbocycles. The number of oxazole rings is 1. The largest absolute Gasteiger partial charge is 0.493 e. The minimum atomic E-state index is 0.320. The van der Waals surface area contributed by atoms with Gasteiger partial charge in [-0.2, -0.15) is 0 Å². The number of nitrogen functional groups attached to an aromatic ring is 1. The smallest absolute Gasteiger partial charge is 0.211 e. The van der Waals surface area contributed by atoms with Gasteiger partial charge in [0.15, 0.2) is 11.5 Å². The summed E-state index contributed by atoms with van der Waals surface area (Å²) in [6.45, 7) is 0. The summed E-state index contributed by atoms with van der Waals surface area (Å²) in [5.74, 6) is 2.28. The molecule has 0 saturated heterocycles. The van der Waals surface area contributed by atoms with Crippen LogP contribution in [0.4, 0.5) is 5.88 Å². The molecule has 0 spiro atoms. The zero-order valence-corrected chi connectivity index (χ0v) is 9.77. The molecule has 1 aromatic carbocycles. The molecule has 0 radical (unpaired) electrons. The summed E-state index contributed by atoms with van der Waals surface area (Å²) in [5.41, 5.74) is 6.48. The third kappa shape index (κ3) is 2.50. The fraction of sp³-hybridized carbons (Fsp3) is 0.250. The molecule has 2 N–H and O–H groups in total. The van der Waals surface area contributed by atoms with Crippen molar-refractivity contribution in [2.75, 3.05) is 20.0 Å². The third-order valence-electron chi connectivity index (χ3n) is 2.37. The summed E-state index contributed by atoms with van der Waals surface area (Å²) in [4.78, 5) is 4.05. The van der Waals surface area contributed by atoms with E-state index in [4.69, 9.17) is 19.6 Å². The molecular weight excluding hydrogens is 220 g/mol. The van der Waals surface area contributed by atoms with Crippen molar-refractivity contribution in [3.63, 3.8) is 0 Å². The van der Waals surface area contributed by atoms with E-state index in [1.165, 1.54) is 6.20 Å². The summed E-state index contributed by atoms with van der Waals surface area (Å²) in [6, 6.07) is 5.67. The van der Waals surface area contributed by atoms with Gasteiger partial charge in [0.05, 0.1) is 20.4 Å². The lowest BCUT2D eigenvalue weighted by Crippen LogP contribution is -1.93. The molecule has 0 aliphatic heterocycles. The number of benzene rings is 1. The lowest BCUT2D eigenvalue weighted by molar-refractivity contribution is 0.354. The predicted octanol–water partition coefficient (Wildman–Crippen LogP) is 1.86. The molecule has 90 valence electrons. The van der Waals surface area contributed by atoms with E-state index >= 15 is 0 Å². The second kappa shape index (κ2) is 4.78. The maximum absolute atomic E-state index is 5.46. The summed E-state index contributed by atoms with van der Waals surface area (Å²) in [6.07, 6.45) is 2.06. The first-order valence-corrected chi connectivity index (χ1v) is 5.14. The van der Waals surface area contributed by atoms with E-state index < -0.39 is 0 Å². The maximum Gasteiger partial charge on any atom is 0.211 e. The number of hydrogen-bond donors (Lipinski definition) is 1. The van der Waals surface area contributed by atoms with Crippen LogP contribution in [-0.4, -0.2) is 19.2 Å². The molecule has 1 aromatic heterocycles. The lowest BCUT2D eigenvalue weighted by Gasteiger charge is -2.08. The standard InChI is InChI=1S/C12H14N2O3/c1-15-9-4-3-8(5-10(9)16-2)6-12-14-7-11(13)17-12/h3-5,7H,6,13H2,1-2H3. The van der Waals surface area contributed by atoms with Crippen LogP contribution in [0.2, 0.25) is 0 Å². The van der Waals surface area contributed by atoms with Gasteiger partial charge >= 0.3 is 0 Å². The number of rotatable bonds is 4. The van der Waals surface area contributed by atoms with Crippen molar-refractivity contribution in [3.05, 3.63) is 35.9 Å². The van der Waals surface area contributed by atoms with E-state index in [0.29, 0.717) is 29.7 Å². The number of nitrogens with zero attached hydrogens (tertiary/aromatic N) is 1. The highest BCUT2D eigenvalue weighted by Crippen LogP contribution is 2.28. The Morgan fingerprint density at radius 3 is 2.59 bits per heavy atom. The molecule has 0 bridgehead atoms. The third-order valence-corrected chi connectivity index (χ3v) is 2.37. The van der Waals surface area contributed by atoms with Crippen molar-refractivity contribution >= 4 is 5.88 Å². The van der Waals surface area contributed by atoms with Gasteiger partial charge in [-0.3, -0.25) is 0 Å². The van der Waals surface area contributed by atoms with Crippen molar-refractivity contribution < 1.29 is 13.9 Å². The number of aromatic nitrogens is 1. The minimum Gasteiger partial charge on any atom is -0.493 e. The van der Waals surface area contributed by atoms with Gasteiger partial charge < -0.3 is 19.6 Å². The summed E-state index contributed by atoms with van der Waals surface area (Å²) < 4.78 is 15.6. The monoisotopic (exact) mass is 234 g/mol. The van der Waals surface area contributed by atoms with Crippen LogP contribution in [0.25, 0.3) is 0 Å². The highest BCUT2D eigenvalue weighted by Gasteiger charge is 2.07. The highest BCUT2D eigenvalue weighted by molar-refractivity contribution is 5.43. The van der Waals surface area contributed by atoms with Crippen LogP contribution >= 0.6 is 0 Å². The van der Waals surface area contributed by atoms with Crippen molar-refractivity contribution in [1.29, 1.82) is 0 Å². The predicted molar refractivity (Wildman–Crippen MR) is 63.3 cm³/mol. The van der Waals surface area contributed by atoms with E-state index in [-0.39, 0.29) is 0 Å². The lowest BCUT2D eigenvalue weighted by atomic mass is 10.1. The Morgan fingerprint density at radius 2 is 2.00 bits per heavy atom. The molecule has 17 heavy (non-hydrogen) atoms. The van der Waals surface area contributed by atoms with Crippen LogP contribution in [-0.2, 0) is 6.42 Å². The van der Waals surface area contributed by atoms with Crippen molar-refractivity contribution in [3.8, 4) is 11.5 Å². The van der Waals surface area contributed by atoms with Gasteiger partial charge in [0, 0.05) is 6.42 Å². The van der Waals surface area contributed by atoms with Gasteiger partial charge in [-0.05, 0) is 17.7 Å². The Labute approximate surface area is 99.2 Å². The number of methoxy groups -OCH3 is 2. The first-order chi connectivity index (χ1) is 8.22. The van der Waals surface area contributed by atoms with Crippen LogP contribution in [0.15, 0.2) is 28.8 Å². The molecule has 2 aromatic rings. The van der Waals surface area contributed by atoms with Gasteiger partial charge in [-0.1, -0.05) is 6.07 Å². The molecule has 2 rings (SSSR count). The first-order valence-electron chi connectivity index (χ1n) is 5.14. The van der Waals surface area contributed by atoms with Crippen molar-refractivity contribution in [1.82, 2.24) is 4.98 Å². The Hall–Kier alpha value is -2.17.